The van der Waals surface area contributed by atoms with E-state index in [0.717, 1.165) is 32.4 Å². The van der Waals surface area contributed by atoms with Crippen LogP contribution in [0.4, 0.5) is 0 Å². The van der Waals surface area contributed by atoms with Gasteiger partial charge in [-0.2, -0.15) is 4.98 Å². The van der Waals surface area contributed by atoms with E-state index in [2.05, 4.69) is 22.4 Å². The molecule has 0 spiro atoms. The molecule has 0 saturated carbocycles. The molecule has 3 rings (SSSR count). The smallest absolute Gasteiger partial charge is 0.246 e. The number of hydrogen-bond acceptors (Lipinski definition) is 5. The van der Waals surface area contributed by atoms with Crippen LogP contribution >= 0.6 is 0 Å². The summed E-state index contributed by atoms with van der Waals surface area (Å²) < 4.78 is 11.2. The molecule has 2 fully saturated rings. The maximum Gasteiger partial charge on any atom is 0.246 e. The van der Waals surface area contributed by atoms with Gasteiger partial charge in [-0.15, -0.1) is 0 Å². The second-order valence-corrected chi connectivity index (χ2v) is 5.82. The molecule has 5 nitrogen and oxygen atoms in total. The van der Waals surface area contributed by atoms with Gasteiger partial charge >= 0.3 is 0 Å². The first-order valence-electron chi connectivity index (χ1n) is 6.86. The first-order chi connectivity index (χ1) is 8.62. The predicted molar refractivity (Wildman–Crippen MR) is 66.0 cm³/mol. The normalized spacial score (nSPS) is 37.0. The Morgan fingerprint density at radius 2 is 2.06 bits per heavy atom. The number of hydrogen-bond donors (Lipinski definition) is 1. The minimum atomic E-state index is -0.354. The van der Waals surface area contributed by atoms with Crippen LogP contribution in [0.2, 0.25) is 0 Å². The maximum absolute atomic E-state index is 5.75. The summed E-state index contributed by atoms with van der Waals surface area (Å²) in [4.78, 5) is 4.59. The molecule has 5 heteroatoms. The lowest BCUT2D eigenvalue weighted by atomic mass is 9.91. The van der Waals surface area contributed by atoms with Crippen molar-refractivity contribution in [1.29, 1.82) is 0 Å². The van der Waals surface area contributed by atoms with Crippen molar-refractivity contribution in [3.63, 3.8) is 0 Å². The Bertz CT molecular complexity index is 418. The van der Waals surface area contributed by atoms with Crippen molar-refractivity contribution in [2.45, 2.75) is 57.1 Å². The third-order valence-corrected chi connectivity index (χ3v) is 4.21. The standard InChI is InChI=1S/C13H21N3O2/c1-12(6-3-4-8-14-12)11-15-10(16-18-11)13(2)7-5-9-17-13/h14H,3-9H2,1-2H3. The Morgan fingerprint density at radius 1 is 1.17 bits per heavy atom. The Morgan fingerprint density at radius 3 is 2.72 bits per heavy atom. The fraction of sp³-hybridized carbons (Fsp3) is 0.846. The molecule has 1 N–H and O–H groups in total. The van der Waals surface area contributed by atoms with E-state index >= 15 is 0 Å². The van der Waals surface area contributed by atoms with Crippen LogP contribution in [0.15, 0.2) is 4.52 Å². The number of aromatic nitrogens is 2. The van der Waals surface area contributed by atoms with Crippen molar-refractivity contribution in [1.82, 2.24) is 15.5 Å². The van der Waals surface area contributed by atoms with Gasteiger partial charge in [0.15, 0.2) is 0 Å². The van der Waals surface area contributed by atoms with E-state index in [4.69, 9.17) is 9.26 Å². The molecule has 2 aliphatic rings. The van der Waals surface area contributed by atoms with Crippen LogP contribution in [0.5, 0.6) is 0 Å². The summed E-state index contributed by atoms with van der Waals surface area (Å²) in [6, 6.07) is 0. The van der Waals surface area contributed by atoms with Gasteiger partial charge in [-0.05, 0) is 52.5 Å². The van der Waals surface area contributed by atoms with Crippen molar-refractivity contribution in [3.8, 4) is 0 Å². The van der Waals surface area contributed by atoms with Crippen LogP contribution in [0.3, 0.4) is 0 Å². The third kappa shape index (κ3) is 1.95. The van der Waals surface area contributed by atoms with E-state index in [1.54, 1.807) is 0 Å². The van der Waals surface area contributed by atoms with Crippen molar-refractivity contribution < 1.29 is 9.26 Å². The van der Waals surface area contributed by atoms with Gasteiger partial charge in [0.1, 0.15) is 5.60 Å². The summed E-state index contributed by atoms with van der Waals surface area (Å²) in [6.45, 7) is 5.99. The van der Waals surface area contributed by atoms with E-state index in [0.29, 0.717) is 11.7 Å². The summed E-state index contributed by atoms with van der Waals surface area (Å²) in [6.07, 6.45) is 5.50. The topological polar surface area (TPSA) is 60.2 Å². The minimum absolute atomic E-state index is 0.168. The van der Waals surface area contributed by atoms with Crippen LogP contribution in [-0.4, -0.2) is 23.3 Å². The summed E-state index contributed by atoms with van der Waals surface area (Å²) in [5, 5.41) is 7.63. The Kier molecular flexibility index (Phi) is 2.90. The molecular weight excluding hydrogens is 230 g/mol. The highest BCUT2D eigenvalue weighted by Gasteiger charge is 2.40. The molecule has 2 aliphatic heterocycles. The quantitative estimate of drug-likeness (QED) is 0.872. The van der Waals surface area contributed by atoms with Gasteiger partial charge < -0.3 is 14.6 Å². The molecule has 2 unspecified atom stereocenters. The fourth-order valence-electron chi connectivity index (χ4n) is 2.86. The summed E-state index contributed by atoms with van der Waals surface area (Å²) in [5.74, 6) is 1.40. The second kappa shape index (κ2) is 4.31. The Labute approximate surface area is 107 Å². The van der Waals surface area contributed by atoms with Crippen LogP contribution in [0.1, 0.15) is 57.7 Å². The van der Waals surface area contributed by atoms with Gasteiger partial charge in [0.05, 0.1) is 5.54 Å². The monoisotopic (exact) mass is 251 g/mol. The molecule has 2 saturated heterocycles. The van der Waals surface area contributed by atoms with Crippen LogP contribution in [-0.2, 0) is 15.9 Å². The van der Waals surface area contributed by atoms with Gasteiger partial charge in [-0.1, -0.05) is 5.16 Å². The first-order valence-corrected chi connectivity index (χ1v) is 6.86. The lowest BCUT2D eigenvalue weighted by Gasteiger charge is -2.31. The zero-order chi connectivity index (χ0) is 12.6. The molecule has 0 bridgehead atoms. The van der Waals surface area contributed by atoms with Crippen LogP contribution in [0.25, 0.3) is 0 Å². The SMILES string of the molecule is CC1(c2nc(C3(C)CCCO3)no2)CCCCN1. The van der Waals surface area contributed by atoms with Gasteiger partial charge in [0, 0.05) is 6.61 Å². The van der Waals surface area contributed by atoms with Gasteiger partial charge in [0.2, 0.25) is 11.7 Å². The number of rotatable bonds is 2. The number of piperidine rings is 1. The van der Waals surface area contributed by atoms with Crippen molar-refractivity contribution in [2.75, 3.05) is 13.2 Å². The van der Waals surface area contributed by atoms with Crippen molar-refractivity contribution in [2.24, 2.45) is 0 Å². The van der Waals surface area contributed by atoms with Crippen LogP contribution < -0.4 is 5.32 Å². The molecule has 18 heavy (non-hydrogen) atoms. The van der Waals surface area contributed by atoms with Crippen molar-refractivity contribution in [3.05, 3.63) is 11.7 Å². The molecule has 1 aromatic heterocycles. The highest BCUT2D eigenvalue weighted by Crippen LogP contribution is 2.35. The Balaban J connectivity index is 1.84. The highest BCUT2D eigenvalue weighted by molar-refractivity contribution is 5.08. The predicted octanol–water partition coefficient (Wildman–Crippen LogP) is 2.08. The van der Waals surface area contributed by atoms with E-state index < -0.39 is 0 Å². The number of ether oxygens (including phenoxy) is 1. The number of nitrogens with one attached hydrogen (secondary N) is 1. The minimum Gasteiger partial charge on any atom is -0.367 e. The lowest BCUT2D eigenvalue weighted by Crippen LogP contribution is -2.43. The summed E-state index contributed by atoms with van der Waals surface area (Å²) >= 11 is 0. The molecule has 2 atom stereocenters. The molecule has 100 valence electrons. The van der Waals surface area contributed by atoms with Gasteiger partial charge in [-0.25, -0.2) is 0 Å². The summed E-state index contributed by atoms with van der Waals surface area (Å²) in [7, 11) is 0. The maximum atomic E-state index is 5.75. The number of nitrogens with zero attached hydrogens (tertiary/aromatic N) is 2. The van der Waals surface area contributed by atoms with E-state index in [1.807, 2.05) is 6.92 Å². The highest BCUT2D eigenvalue weighted by atomic mass is 16.5. The van der Waals surface area contributed by atoms with Gasteiger partial charge in [0.25, 0.3) is 0 Å². The Hall–Kier alpha value is -0.940. The van der Waals surface area contributed by atoms with E-state index in [-0.39, 0.29) is 11.1 Å². The molecule has 0 aliphatic carbocycles. The average Bonchev–Trinajstić information content (AvgIpc) is 2.99. The molecular formula is C13H21N3O2. The zero-order valence-electron chi connectivity index (χ0n) is 11.2. The molecule has 3 heterocycles. The lowest BCUT2D eigenvalue weighted by molar-refractivity contribution is 0.00768. The average molecular weight is 251 g/mol. The molecule has 0 aromatic carbocycles. The van der Waals surface area contributed by atoms with Gasteiger partial charge in [-0.3, -0.25) is 0 Å². The molecule has 1 aromatic rings. The van der Waals surface area contributed by atoms with Crippen molar-refractivity contribution >= 4 is 0 Å². The fourth-order valence-corrected chi connectivity index (χ4v) is 2.86. The van der Waals surface area contributed by atoms with E-state index in [9.17, 15) is 0 Å². The summed E-state index contributed by atoms with van der Waals surface area (Å²) in [5.41, 5.74) is -0.523. The largest absolute Gasteiger partial charge is 0.367 e. The zero-order valence-corrected chi connectivity index (χ0v) is 11.2. The molecule has 0 amide bonds. The third-order valence-electron chi connectivity index (χ3n) is 4.21. The second-order valence-electron chi connectivity index (χ2n) is 5.82. The first kappa shape index (κ1) is 12.1. The van der Waals surface area contributed by atoms with Crippen LogP contribution in [0, 0.1) is 0 Å². The molecule has 0 radical (unpaired) electrons. The van der Waals surface area contributed by atoms with E-state index in [1.165, 1.54) is 12.8 Å².